The van der Waals surface area contributed by atoms with Crippen LogP contribution >= 0.6 is 0 Å². The summed E-state index contributed by atoms with van der Waals surface area (Å²) in [5.74, 6) is 1.12. The van der Waals surface area contributed by atoms with Gasteiger partial charge in [-0.3, -0.25) is 0 Å². The molecule has 0 aliphatic heterocycles. The van der Waals surface area contributed by atoms with Gasteiger partial charge in [-0.2, -0.15) is 4.98 Å². The zero-order valence-electron chi connectivity index (χ0n) is 13.2. The Balaban J connectivity index is 1.77. The lowest BCUT2D eigenvalue weighted by Crippen LogP contribution is -2.39. The van der Waals surface area contributed by atoms with Crippen LogP contribution in [-0.4, -0.2) is 42.7 Å². The Bertz CT molecular complexity index is 812. The van der Waals surface area contributed by atoms with Crippen molar-refractivity contribution < 1.29 is 17.7 Å². The molecular weight excluding hydrogens is 318 g/mol. The van der Waals surface area contributed by atoms with E-state index in [2.05, 4.69) is 15.5 Å². The molecule has 1 atom stereocenters. The highest BCUT2D eigenvalue weighted by Crippen LogP contribution is 2.46. The van der Waals surface area contributed by atoms with Crippen molar-refractivity contribution in [1.82, 2.24) is 10.1 Å². The summed E-state index contributed by atoms with van der Waals surface area (Å²) in [7, 11) is -1.55. The summed E-state index contributed by atoms with van der Waals surface area (Å²) < 4.78 is 33.5. The van der Waals surface area contributed by atoms with E-state index < -0.39 is 14.6 Å². The van der Waals surface area contributed by atoms with E-state index in [0.717, 1.165) is 5.56 Å². The quantitative estimate of drug-likeness (QED) is 0.862. The fourth-order valence-electron chi connectivity index (χ4n) is 2.73. The highest BCUT2D eigenvalue weighted by molar-refractivity contribution is 7.92. The predicted molar refractivity (Wildman–Crippen MR) is 86.2 cm³/mol. The summed E-state index contributed by atoms with van der Waals surface area (Å²) in [6.45, 7) is 1.82. The van der Waals surface area contributed by atoms with Gasteiger partial charge in [0.1, 0.15) is 5.75 Å². The van der Waals surface area contributed by atoms with Gasteiger partial charge in [0.05, 0.1) is 11.9 Å². The SMILES string of the molecule is COc1cccc(-c2noc(N[C@H](C)C3(S(C)(=O)=O)CC3)n2)c1. The van der Waals surface area contributed by atoms with E-state index in [0.29, 0.717) is 24.4 Å². The fraction of sp³-hybridized carbons (Fsp3) is 0.467. The number of nitrogens with zero attached hydrogens (tertiary/aromatic N) is 2. The molecule has 1 aliphatic rings. The highest BCUT2D eigenvalue weighted by Gasteiger charge is 2.56. The summed E-state index contributed by atoms with van der Waals surface area (Å²) >= 11 is 0. The van der Waals surface area contributed by atoms with Crippen LogP contribution in [0.5, 0.6) is 5.75 Å². The Kier molecular flexibility index (Phi) is 3.79. The largest absolute Gasteiger partial charge is 0.497 e. The van der Waals surface area contributed by atoms with Crippen LogP contribution in [0.4, 0.5) is 6.01 Å². The van der Waals surface area contributed by atoms with Crippen molar-refractivity contribution in [2.75, 3.05) is 18.7 Å². The average molecular weight is 337 g/mol. The molecule has 2 aromatic rings. The molecule has 0 spiro atoms. The second-order valence-electron chi connectivity index (χ2n) is 5.86. The van der Waals surface area contributed by atoms with Gasteiger partial charge in [0.15, 0.2) is 9.84 Å². The first-order chi connectivity index (χ1) is 10.9. The summed E-state index contributed by atoms with van der Waals surface area (Å²) in [6.07, 6.45) is 2.57. The van der Waals surface area contributed by atoms with Gasteiger partial charge in [-0.1, -0.05) is 17.3 Å². The van der Waals surface area contributed by atoms with Gasteiger partial charge in [0.2, 0.25) is 5.82 Å². The van der Waals surface area contributed by atoms with Crippen molar-refractivity contribution in [3.05, 3.63) is 24.3 Å². The third-order valence-electron chi connectivity index (χ3n) is 4.36. The number of benzene rings is 1. The molecule has 1 N–H and O–H groups in total. The van der Waals surface area contributed by atoms with Gasteiger partial charge in [-0.15, -0.1) is 0 Å². The van der Waals surface area contributed by atoms with Crippen molar-refractivity contribution in [1.29, 1.82) is 0 Å². The molecule has 1 fully saturated rings. The van der Waals surface area contributed by atoms with Gasteiger partial charge in [-0.25, -0.2) is 8.42 Å². The van der Waals surface area contributed by atoms with Crippen molar-refractivity contribution in [2.45, 2.75) is 30.6 Å². The molecule has 1 aliphatic carbocycles. The maximum atomic E-state index is 11.9. The van der Waals surface area contributed by atoms with Crippen molar-refractivity contribution in [2.24, 2.45) is 0 Å². The number of nitrogens with one attached hydrogen (secondary N) is 1. The number of rotatable bonds is 6. The number of aromatic nitrogens is 2. The van der Waals surface area contributed by atoms with Crippen LogP contribution in [0.1, 0.15) is 19.8 Å². The zero-order valence-corrected chi connectivity index (χ0v) is 14.1. The molecule has 1 heterocycles. The summed E-state index contributed by atoms with van der Waals surface area (Å²) in [5, 5.41) is 6.95. The van der Waals surface area contributed by atoms with Gasteiger partial charge in [0, 0.05) is 17.9 Å². The molecular formula is C15H19N3O4S. The number of hydrogen-bond donors (Lipinski definition) is 1. The molecule has 0 amide bonds. The third-order valence-corrected chi connectivity index (χ3v) is 6.60. The van der Waals surface area contributed by atoms with E-state index in [1.54, 1.807) is 13.2 Å². The van der Waals surface area contributed by atoms with Crippen LogP contribution in [0.25, 0.3) is 11.4 Å². The minimum absolute atomic E-state index is 0.213. The minimum atomic E-state index is -3.13. The van der Waals surface area contributed by atoms with E-state index >= 15 is 0 Å². The normalized spacial score (nSPS) is 17.5. The van der Waals surface area contributed by atoms with E-state index in [-0.39, 0.29) is 12.1 Å². The first-order valence-corrected chi connectivity index (χ1v) is 9.19. The zero-order chi connectivity index (χ0) is 16.7. The Hall–Kier alpha value is -2.09. The van der Waals surface area contributed by atoms with Crippen LogP contribution in [0.15, 0.2) is 28.8 Å². The van der Waals surface area contributed by atoms with Crippen LogP contribution in [0, 0.1) is 0 Å². The minimum Gasteiger partial charge on any atom is -0.497 e. The standard InChI is InChI=1S/C15H19N3O4S/c1-10(15(7-8-15)23(3,19)20)16-14-17-13(18-22-14)11-5-4-6-12(9-11)21-2/h4-6,9-10H,7-8H2,1-3H3,(H,16,17,18)/t10-/m1/s1. The number of methoxy groups -OCH3 is 1. The van der Waals surface area contributed by atoms with Crippen LogP contribution in [0.3, 0.4) is 0 Å². The van der Waals surface area contributed by atoms with Gasteiger partial charge >= 0.3 is 6.01 Å². The van der Waals surface area contributed by atoms with Crippen LogP contribution < -0.4 is 10.1 Å². The maximum absolute atomic E-state index is 11.9. The fourth-order valence-corrected chi connectivity index (χ4v) is 4.27. The topological polar surface area (TPSA) is 94.3 Å². The molecule has 0 saturated heterocycles. The molecule has 23 heavy (non-hydrogen) atoms. The Morgan fingerprint density at radius 3 is 2.74 bits per heavy atom. The number of ether oxygens (including phenoxy) is 1. The monoisotopic (exact) mass is 337 g/mol. The molecule has 0 bridgehead atoms. The van der Waals surface area contributed by atoms with E-state index in [1.165, 1.54) is 6.26 Å². The number of anilines is 1. The Labute approximate surface area is 135 Å². The van der Waals surface area contributed by atoms with Crippen LogP contribution in [0.2, 0.25) is 0 Å². The number of hydrogen-bond acceptors (Lipinski definition) is 7. The smallest absolute Gasteiger partial charge is 0.322 e. The summed E-state index contributed by atoms with van der Waals surface area (Å²) in [5.41, 5.74) is 0.762. The van der Waals surface area contributed by atoms with Crippen molar-refractivity contribution in [3.63, 3.8) is 0 Å². The Morgan fingerprint density at radius 1 is 1.39 bits per heavy atom. The molecule has 0 unspecified atom stereocenters. The van der Waals surface area contributed by atoms with E-state index in [4.69, 9.17) is 9.26 Å². The van der Waals surface area contributed by atoms with Gasteiger partial charge < -0.3 is 14.6 Å². The summed E-state index contributed by atoms with van der Waals surface area (Å²) in [6, 6.07) is 7.23. The summed E-state index contributed by atoms with van der Waals surface area (Å²) in [4.78, 5) is 4.28. The first-order valence-electron chi connectivity index (χ1n) is 7.30. The lowest BCUT2D eigenvalue weighted by atomic mass is 10.2. The van der Waals surface area contributed by atoms with E-state index in [9.17, 15) is 8.42 Å². The molecule has 1 aromatic carbocycles. The molecule has 0 radical (unpaired) electrons. The van der Waals surface area contributed by atoms with E-state index in [1.807, 2.05) is 25.1 Å². The first kappa shape index (κ1) is 15.8. The maximum Gasteiger partial charge on any atom is 0.322 e. The van der Waals surface area contributed by atoms with Crippen molar-refractivity contribution in [3.8, 4) is 17.1 Å². The van der Waals surface area contributed by atoms with Crippen LogP contribution in [-0.2, 0) is 9.84 Å². The second kappa shape index (κ2) is 5.52. The average Bonchev–Trinajstić information content (AvgIpc) is 3.22. The molecule has 3 rings (SSSR count). The van der Waals surface area contributed by atoms with Gasteiger partial charge in [-0.05, 0) is 31.9 Å². The highest BCUT2D eigenvalue weighted by atomic mass is 32.2. The lowest BCUT2D eigenvalue weighted by molar-refractivity contribution is 0.414. The number of sulfone groups is 1. The second-order valence-corrected chi connectivity index (χ2v) is 8.22. The Morgan fingerprint density at radius 2 is 2.13 bits per heavy atom. The van der Waals surface area contributed by atoms with Crippen molar-refractivity contribution >= 4 is 15.9 Å². The third kappa shape index (κ3) is 2.90. The molecule has 124 valence electrons. The lowest BCUT2D eigenvalue weighted by Gasteiger charge is -2.21. The molecule has 8 heteroatoms. The molecule has 7 nitrogen and oxygen atoms in total. The molecule has 1 saturated carbocycles. The molecule has 1 aromatic heterocycles. The van der Waals surface area contributed by atoms with Gasteiger partial charge in [0.25, 0.3) is 0 Å². The predicted octanol–water partition coefficient (Wildman–Crippen LogP) is 2.12.